The van der Waals surface area contributed by atoms with Gasteiger partial charge in [0.25, 0.3) is 5.91 Å². The van der Waals surface area contributed by atoms with Crippen LogP contribution >= 0.6 is 0 Å². The lowest BCUT2D eigenvalue weighted by atomic mass is 10.2. The highest BCUT2D eigenvalue weighted by atomic mass is 32.2. The third-order valence-corrected chi connectivity index (χ3v) is 7.52. The number of nitrogens with one attached hydrogen (secondary N) is 2. The molecule has 2 saturated carbocycles. The van der Waals surface area contributed by atoms with Gasteiger partial charge in [-0.05, 0) is 62.1 Å². The van der Waals surface area contributed by atoms with E-state index in [0.29, 0.717) is 22.7 Å². The molecule has 2 fully saturated rings. The Kier molecular flexibility index (Phi) is 5.38. The maximum atomic E-state index is 13.0. The number of benzene rings is 2. The number of methoxy groups -OCH3 is 1. The zero-order chi connectivity index (χ0) is 22.3. The van der Waals surface area contributed by atoms with Crippen LogP contribution in [0, 0.1) is 0 Å². The van der Waals surface area contributed by atoms with Crippen molar-refractivity contribution in [2.24, 2.45) is 0 Å². The Hall–Kier alpha value is -2.91. The molecule has 32 heavy (non-hydrogen) atoms. The molecule has 0 bridgehead atoms. The van der Waals surface area contributed by atoms with Gasteiger partial charge in [0.2, 0.25) is 10.0 Å². The molecule has 5 rings (SSSR count). The van der Waals surface area contributed by atoms with Gasteiger partial charge in [-0.15, -0.1) is 0 Å². The minimum atomic E-state index is -3.82. The zero-order valence-electron chi connectivity index (χ0n) is 17.8. The number of anilines is 1. The first-order valence-electron chi connectivity index (χ1n) is 10.8. The van der Waals surface area contributed by atoms with Crippen molar-refractivity contribution in [1.82, 2.24) is 9.71 Å². The molecule has 8 nitrogen and oxygen atoms in total. The quantitative estimate of drug-likeness (QED) is 0.553. The summed E-state index contributed by atoms with van der Waals surface area (Å²) in [7, 11) is -2.41. The molecule has 9 heteroatoms. The van der Waals surface area contributed by atoms with Gasteiger partial charge in [0.1, 0.15) is 16.2 Å². The van der Waals surface area contributed by atoms with Crippen LogP contribution in [0.3, 0.4) is 0 Å². The van der Waals surface area contributed by atoms with Crippen LogP contribution < -0.4 is 14.8 Å². The number of nitrogens with zero attached hydrogens (tertiary/aromatic N) is 1. The molecule has 1 amide bonds. The Morgan fingerprint density at radius 3 is 2.59 bits per heavy atom. The molecule has 1 heterocycles. The van der Waals surface area contributed by atoms with E-state index in [0.717, 1.165) is 44.4 Å². The highest BCUT2D eigenvalue weighted by Gasteiger charge is 2.29. The van der Waals surface area contributed by atoms with E-state index in [9.17, 15) is 13.2 Å². The summed E-state index contributed by atoms with van der Waals surface area (Å²) in [4.78, 5) is 17.4. The highest BCUT2D eigenvalue weighted by molar-refractivity contribution is 7.89. The smallest absolute Gasteiger partial charge is 0.255 e. The summed E-state index contributed by atoms with van der Waals surface area (Å²) in [6.45, 7) is 0. The number of carbonyl (C=O) groups is 1. The highest BCUT2D eigenvalue weighted by Crippen LogP contribution is 2.40. The van der Waals surface area contributed by atoms with E-state index in [1.54, 1.807) is 24.3 Å². The summed E-state index contributed by atoms with van der Waals surface area (Å²) >= 11 is 0. The molecule has 0 aliphatic heterocycles. The SMILES string of the molecule is COc1ccc(C(=O)Nc2ccc3oc(C4CC4)nc3c2)cc1S(=O)(=O)NC1CCCC1. The van der Waals surface area contributed by atoms with Gasteiger partial charge < -0.3 is 14.5 Å². The fraction of sp³-hybridized carbons (Fsp3) is 0.391. The van der Waals surface area contributed by atoms with Crippen LogP contribution in [0.5, 0.6) is 5.75 Å². The number of fused-ring (bicyclic) bond motifs is 1. The molecule has 1 aromatic heterocycles. The monoisotopic (exact) mass is 455 g/mol. The molecule has 2 aromatic carbocycles. The summed E-state index contributed by atoms with van der Waals surface area (Å²) < 4.78 is 39.7. The number of rotatable bonds is 7. The van der Waals surface area contributed by atoms with Crippen molar-refractivity contribution in [3.63, 3.8) is 0 Å². The van der Waals surface area contributed by atoms with Crippen LogP contribution in [-0.4, -0.2) is 32.5 Å². The second kappa shape index (κ2) is 8.22. The summed E-state index contributed by atoms with van der Waals surface area (Å²) in [6.07, 6.45) is 5.82. The number of carbonyl (C=O) groups excluding carboxylic acids is 1. The van der Waals surface area contributed by atoms with Crippen LogP contribution in [0.2, 0.25) is 0 Å². The first kappa shape index (κ1) is 21.0. The first-order valence-corrected chi connectivity index (χ1v) is 12.3. The number of hydrogen-bond donors (Lipinski definition) is 2. The summed E-state index contributed by atoms with van der Waals surface area (Å²) in [5.41, 5.74) is 2.14. The predicted octanol–water partition coefficient (Wildman–Crippen LogP) is 4.19. The number of sulfonamides is 1. The number of ether oxygens (including phenoxy) is 1. The Morgan fingerprint density at radius 2 is 1.88 bits per heavy atom. The van der Waals surface area contributed by atoms with E-state index in [1.165, 1.54) is 19.2 Å². The lowest BCUT2D eigenvalue weighted by molar-refractivity contribution is 0.102. The Bertz CT molecular complexity index is 1270. The first-order chi connectivity index (χ1) is 15.4. The van der Waals surface area contributed by atoms with Gasteiger partial charge >= 0.3 is 0 Å². The second-order valence-electron chi connectivity index (χ2n) is 8.43. The van der Waals surface area contributed by atoms with Crippen LogP contribution in [-0.2, 0) is 10.0 Å². The van der Waals surface area contributed by atoms with Crippen LogP contribution in [0.15, 0.2) is 45.7 Å². The molecule has 0 radical (unpaired) electrons. The van der Waals surface area contributed by atoms with Crippen molar-refractivity contribution in [2.75, 3.05) is 12.4 Å². The fourth-order valence-corrected chi connectivity index (χ4v) is 5.59. The Morgan fingerprint density at radius 1 is 1.09 bits per heavy atom. The standard InChI is InChI=1S/C23H25N3O5S/c1-30-20-10-8-15(12-21(20)32(28,29)26-16-4-2-3-5-16)22(27)24-17-9-11-19-18(13-17)25-23(31-19)14-6-7-14/h8-14,16,26H,2-7H2,1H3,(H,24,27). The molecule has 168 valence electrons. The van der Waals surface area contributed by atoms with Crippen molar-refractivity contribution in [2.45, 2.75) is 55.4 Å². The van der Waals surface area contributed by atoms with E-state index in [-0.39, 0.29) is 22.3 Å². The van der Waals surface area contributed by atoms with Gasteiger partial charge in [-0.3, -0.25) is 4.79 Å². The molecular weight excluding hydrogens is 430 g/mol. The lowest BCUT2D eigenvalue weighted by Gasteiger charge is -2.15. The molecule has 2 aliphatic carbocycles. The van der Waals surface area contributed by atoms with E-state index in [4.69, 9.17) is 9.15 Å². The van der Waals surface area contributed by atoms with Gasteiger partial charge in [-0.25, -0.2) is 18.1 Å². The molecule has 0 unspecified atom stereocenters. The van der Waals surface area contributed by atoms with Crippen molar-refractivity contribution in [3.05, 3.63) is 47.9 Å². The minimum absolute atomic E-state index is 0.0411. The molecule has 0 saturated heterocycles. The summed E-state index contributed by atoms with van der Waals surface area (Å²) in [5, 5.41) is 2.82. The molecule has 2 aliphatic rings. The van der Waals surface area contributed by atoms with Crippen molar-refractivity contribution in [3.8, 4) is 5.75 Å². The van der Waals surface area contributed by atoms with Gasteiger partial charge in [-0.1, -0.05) is 12.8 Å². The van der Waals surface area contributed by atoms with Crippen LogP contribution in [0.1, 0.15) is 60.7 Å². The normalized spacial score (nSPS) is 17.0. The van der Waals surface area contributed by atoms with E-state index in [2.05, 4.69) is 15.0 Å². The fourth-order valence-electron chi connectivity index (χ4n) is 4.09. The van der Waals surface area contributed by atoms with E-state index < -0.39 is 15.9 Å². The molecule has 2 N–H and O–H groups in total. The van der Waals surface area contributed by atoms with Gasteiger partial charge in [0, 0.05) is 23.2 Å². The summed E-state index contributed by atoms with van der Waals surface area (Å²) in [5.74, 6) is 0.917. The van der Waals surface area contributed by atoms with Crippen molar-refractivity contribution in [1.29, 1.82) is 0 Å². The topological polar surface area (TPSA) is 111 Å². The minimum Gasteiger partial charge on any atom is -0.495 e. The van der Waals surface area contributed by atoms with Gasteiger partial charge in [0.05, 0.1) is 7.11 Å². The average Bonchev–Trinajstić information content (AvgIpc) is 3.35. The average molecular weight is 456 g/mol. The maximum absolute atomic E-state index is 13.0. The van der Waals surface area contributed by atoms with Crippen molar-refractivity contribution < 1.29 is 22.4 Å². The molecule has 0 atom stereocenters. The Balaban J connectivity index is 1.38. The molecular formula is C23H25N3O5S. The second-order valence-corrected chi connectivity index (χ2v) is 10.1. The number of aromatic nitrogens is 1. The van der Waals surface area contributed by atoms with E-state index in [1.807, 2.05) is 0 Å². The Labute approximate surface area is 186 Å². The largest absolute Gasteiger partial charge is 0.495 e. The lowest BCUT2D eigenvalue weighted by Crippen LogP contribution is -2.33. The number of oxazole rings is 1. The zero-order valence-corrected chi connectivity index (χ0v) is 18.6. The maximum Gasteiger partial charge on any atom is 0.255 e. The van der Waals surface area contributed by atoms with Gasteiger partial charge in [0.15, 0.2) is 11.5 Å². The molecule has 3 aromatic rings. The summed E-state index contributed by atoms with van der Waals surface area (Å²) in [6, 6.07) is 9.58. The third-order valence-electron chi connectivity index (χ3n) is 5.98. The van der Waals surface area contributed by atoms with Gasteiger partial charge in [-0.2, -0.15) is 0 Å². The molecule has 0 spiro atoms. The van der Waals surface area contributed by atoms with E-state index >= 15 is 0 Å². The van der Waals surface area contributed by atoms with Crippen LogP contribution in [0.25, 0.3) is 11.1 Å². The predicted molar refractivity (Wildman–Crippen MR) is 120 cm³/mol. The number of hydrogen-bond acceptors (Lipinski definition) is 6. The number of amides is 1. The van der Waals surface area contributed by atoms with Crippen molar-refractivity contribution >= 4 is 32.7 Å². The third kappa shape index (κ3) is 4.22. The van der Waals surface area contributed by atoms with Crippen LogP contribution in [0.4, 0.5) is 5.69 Å².